The Labute approximate surface area is 143 Å². The Morgan fingerprint density at radius 2 is 2.17 bits per heavy atom. The Morgan fingerprint density at radius 1 is 1.33 bits per heavy atom. The number of terminal acetylenes is 1. The maximum atomic E-state index is 5.48. The summed E-state index contributed by atoms with van der Waals surface area (Å²) >= 11 is 0. The van der Waals surface area contributed by atoms with Crippen LogP contribution in [0.1, 0.15) is 19.4 Å². The van der Waals surface area contributed by atoms with Gasteiger partial charge in [-0.15, -0.1) is 6.42 Å². The van der Waals surface area contributed by atoms with Crippen LogP contribution >= 0.6 is 0 Å². The van der Waals surface area contributed by atoms with Crippen molar-refractivity contribution >= 4 is 11.5 Å². The standard InChI is InChI=1S/C20H22N4/c1-4-6-11-18-19(12-8-13-21)22-15(3)23-20(18)24-17-10-7-9-16(5-2)14-17/h2,4,6-15,22H,21H2,1,3H3,(H,23,24)/b6-4-,13-8+,18-11+,19-12+. The minimum Gasteiger partial charge on any atom is -0.405 e. The minimum absolute atomic E-state index is 0.0523. The number of nitrogens with two attached hydrogens (primary N) is 1. The first kappa shape index (κ1) is 17.2. The maximum absolute atomic E-state index is 5.48. The van der Waals surface area contributed by atoms with Gasteiger partial charge in [0.1, 0.15) is 12.0 Å². The summed E-state index contributed by atoms with van der Waals surface area (Å²) in [6.07, 6.45) is 16.6. The molecule has 0 radical (unpaired) electrons. The number of amidine groups is 1. The van der Waals surface area contributed by atoms with Gasteiger partial charge < -0.3 is 16.4 Å². The SMILES string of the molecule is C#Cc1cccc(NC2=NC(C)NC(=C/C=C/N)/C2=C\C=C/C)c1. The quantitative estimate of drug-likeness (QED) is 0.750. The molecular weight excluding hydrogens is 296 g/mol. The molecular formula is C20H22N4. The van der Waals surface area contributed by atoms with E-state index in [2.05, 4.69) is 21.5 Å². The molecule has 4 N–H and O–H groups in total. The van der Waals surface area contributed by atoms with Gasteiger partial charge in [-0.25, -0.2) is 4.99 Å². The minimum atomic E-state index is -0.0523. The molecule has 1 unspecified atom stereocenters. The second kappa shape index (κ2) is 8.44. The van der Waals surface area contributed by atoms with Crippen molar-refractivity contribution in [2.75, 3.05) is 5.32 Å². The number of hydrogen-bond donors (Lipinski definition) is 3. The number of hydrogen-bond acceptors (Lipinski definition) is 4. The third-order valence-corrected chi connectivity index (χ3v) is 3.35. The van der Waals surface area contributed by atoms with Gasteiger partial charge in [0, 0.05) is 22.5 Å². The highest BCUT2D eigenvalue weighted by atomic mass is 15.2. The molecule has 0 bridgehead atoms. The molecule has 0 aliphatic carbocycles. The van der Waals surface area contributed by atoms with E-state index in [1.807, 2.05) is 62.4 Å². The molecule has 24 heavy (non-hydrogen) atoms. The molecule has 4 nitrogen and oxygen atoms in total. The maximum Gasteiger partial charge on any atom is 0.137 e. The number of nitrogens with one attached hydrogen (secondary N) is 2. The average Bonchev–Trinajstić information content (AvgIpc) is 2.59. The molecule has 0 amide bonds. The molecule has 0 saturated carbocycles. The van der Waals surface area contributed by atoms with Gasteiger partial charge in [-0.1, -0.05) is 24.1 Å². The molecule has 4 heteroatoms. The Bertz CT molecular complexity index is 773. The molecule has 0 spiro atoms. The van der Waals surface area contributed by atoms with Crippen LogP contribution in [0.5, 0.6) is 0 Å². The molecule has 2 rings (SSSR count). The fraction of sp³-hybridized carbons (Fsp3) is 0.150. The van der Waals surface area contributed by atoms with E-state index in [9.17, 15) is 0 Å². The van der Waals surface area contributed by atoms with E-state index < -0.39 is 0 Å². The fourth-order valence-electron chi connectivity index (χ4n) is 2.30. The number of allylic oxidation sites excluding steroid dienone is 5. The van der Waals surface area contributed by atoms with Crippen LogP contribution in [-0.2, 0) is 0 Å². The van der Waals surface area contributed by atoms with Gasteiger partial charge in [0.05, 0.1) is 0 Å². The van der Waals surface area contributed by atoms with Crippen molar-refractivity contribution < 1.29 is 0 Å². The lowest BCUT2D eigenvalue weighted by Crippen LogP contribution is -2.35. The summed E-state index contributed by atoms with van der Waals surface area (Å²) in [4.78, 5) is 4.67. The van der Waals surface area contributed by atoms with E-state index >= 15 is 0 Å². The molecule has 0 saturated heterocycles. The molecule has 1 aliphatic heterocycles. The first-order chi connectivity index (χ1) is 11.7. The Kier molecular flexibility index (Phi) is 6.04. The summed E-state index contributed by atoms with van der Waals surface area (Å²) in [5.74, 6) is 3.43. The van der Waals surface area contributed by atoms with Gasteiger partial charge in [0.15, 0.2) is 0 Å². The third-order valence-electron chi connectivity index (χ3n) is 3.35. The van der Waals surface area contributed by atoms with E-state index in [0.717, 1.165) is 28.4 Å². The fourth-order valence-corrected chi connectivity index (χ4v) is 2.30. The Morgan fingerprint density at radius 3 is 2.88 bits per heavy atom. The van der Waals surface area contributed by atoms with Crippen LogP contribution in [0.4, 0.5) is 5.69 Å². The Balaban J connectivity index is 2.41. The monoisotopic (exact) mass is 318 g/mol. The second-order valence-electron chi connectivity index (χ2n) is 5.22. The van der Waals surface area contributed by atoms with Crippen LogP contribution in [-0.4, -0.2) is 12.0 Å². The van der Waals surface area contributed by atoms with Crippen molar-refractivity contribution in [2.45, 2.75) is 20.0 Å². The highest BCUT2D eigenvalue weighted by molar-refractivity contribution is 6.11. The predicted molar refractivity (Wildman–Crippen MR) is 102 cm³/mol. The molecule has 1 aromatic rings. The van der Waals surface area contributed by atoms with Crippen molar-refractivity contribution in [1.29, 1.82) is 0 Å². The van der Waals surface area contributed by atoms with Crippen LogP contribution in [0.2, 0.25) is 0 Å². The third kappa shape index (κ3) is 4.40. The smallest absolute Gasteiger partial charge is 0.137 e. The van der Waals surface area contributed by atoms with Crippen molar-refractivity contribution in [3.63, 3.8) is 0 Å². The van der Waals surface area contributed by atoms with E-state index in [0.29, 0.717) is 0 Å². The molecule has 0 fully saturated rings. The lowest BCUT2D eigenvalue weighted by Gasteiger charge is -2.26. The molecule has 1 heterocycles. The zero-order chi connectivity index (χ0) is 17.4. The predicted octanol–water partition coefficient (Wildman–Crippen LogP) is 3.29. The molecule has 1 aromatic carbocycles. The normalized spacial score (nSPS) is 21.0. The molecule has 122 valence electrons. The molecule has 1 atom stereocenters. The topological polar surface area (TPSA) is 62.4 Å². The number of nitrogens with zero attached hydrogens (tertiary/aromatic N) is 1. The lowest BCUT2D eigenvalue weighted by molar-refractivity contribution is 0.638. The summed E-state index contributed by atoms with van der Waals surface area (Å²) in [6.45, 7) is 3.96. The second-order valence-corrected chi connectivity index (χ2v) is 5.22. The van der Waals surface area contributed by atoms with Gasteiger partial charge in [-0.2, -0.15) is 0 Å². The van der Waals surface area contributed by atoms with Crippen LogP contribution in [0, 0.1) is 12.3 Å². The van der Waals surface area contributed by atoms with E-state index in [-0.39, 0.29) is 6.17 Å². The highest BCUT2D eigenvalue weighted by Gasteiger charge is 2.19. The summed E-state index contributed by atoms with van der Waals surface area (Å²) < 4.78 is 0. The summed E-state index contributed by atoms with van der Waals surface area (Å²) in [5.41, 5.74) is 9.09. The van der Waals surface area contributed by atoms with Gasteiger partial charge >= 0.3 is 0 Å². The van der Waals surface area contributed by atoms with Crippen LogP contribution < -0.4 is 16.4 Å². The number of benzene rings is 1. The number of rotatable bonds is 3. The van der Waals surface area contributed by atoms with Crippen molar-refractivity contribution in [3.05, 3.63) is 77.7 Å². The van der Waals surface area contributed by atoms with Gasteiger partial charge in [-0.05, 0) is 56.5 Å². The Hall–Kier alpha value is -3.19. The molecule has 1 aliphatic rings. The van der Waals surface area contributed by atoms with Crippen molar-refractivity contribution in [1.82, 2.24) is 5.32 Å². The van der Waals surface area contributed by atoms with E-state index in [1.165, 1.54) is 6.20 Å². The van der Waals surface area contributed by atoms with Gasteiger partial charge in [0.25, 0.3) is 0 Å². The van der Waals surface area contributed by atoms with Crippen LogP contribution in [0.3, 0.4) is 0 Å². The van der Waals surface area contributed by atoms with Gasteiger partial charge in [-0.3, -0.25) is 0 Å². The summed E-state index contributed by atoms with van der Waals surface area (Å²) in [6, 6.07) is 7.70. The first-order valence-electron chi connectivity index (χ1n) is 7.78. The summed E-state index contributed by atoms with van der Waals surface area (Å²) in [7, 11) is 0. The number of anilines is 1. The van der Waals surface area contributed by atoms with E-state index in [1.54, 1.807) is 6.08 Å². The number of aliphatic imine (C=N–C) groups is 1. The zero-order valence-corrected chi connectivity index (χ0v) is 14.0. The average molecular weight is 318 g/mol. The van der Waals surface area contributed by atoms with Crippen molar-refractivity contribution in [3.8, 4) is 12.3 Å². The van der Waals surface area contributed by atoms with Crippen LogP contribution in [0.15, 0.2) is 77.1 Å². The summed E-state index contributed by atoms with van der Waals surface area (Å²) in [5, 5.41) is 6.71. The van der Waals surface area contributed by atoms with Crippen LogP contribution in [0.25, 0.3) is 0 Å². The van der Waals surface area contributed by atoms with Gasteiger partial charge in [0.2, 0.25) is 0 Å². The highest BCUT2D eigenvalue weighted by Crippen LogP contribution is 2.20. The first-order valence-corrected chi connectivity index (χ1v) is 7.78. The largest absolute Gasteiger partial charge is 0.405 e. The van der Waals surface area contributed by atoms with E-state index in [4.69, 9.17) is 12.2 Å². The lowest BCUT2D eigenvalue weighted by atomic mass is 10.1. The molecule has 0 aromatic heterocycles. The zero-order valence-electron chi connectivity index (χ0n) is 14.0. The van der Waals surface area contributed by atoms with Crippen molar-refractivity contribution in [2.24, 2.45) is 10.7 Å².